The molecular formula is C18H21F3N6O2. The first-order valence-electron chi connectivity index (χ1n) is 9.33. The van der Waals surface area contributed by atoms with Crippen LogP contribution < -0.4 is 15.8 Å². The smallest absolute Gasteiger partial charge is 0.343 e. The van der Waals surface area contributed by atoms with Crippen LogP contribution in [0.1, 0.15) is 34.2 Å². The highest BCUT2D eigenvalue weighted by atomic mass is 19.4. The van der Waals surface area contributed by atoms with Crippen LogP contribution in [0, 0.1) is 12.8 Å². The number of halogens is 3. The lowest BCUT2D eigenvalue weighted by Gasteiger charge is -2.43. The number of anilines is 1. The van der Waals surface area contributed by atoms with Crippen molar-refractivity contribution in [3.8, 4) is 0 Å². The molecule has 156 valence electrons. The first kappa shape index (κ1) is 19.5. The molecule has 2 bridgehead atoms. The second kappa shape index (κ2) is 6.89. The van der Waals surface area contributed by atoms with Gasteiger partial charge in [-0.2, -0.15) is 23.3 Å². The molecule has 1 N–H and O–H groups in total. The summed E-state index contributed by atoms with van der Waals surface area (Å²) in [7, 11) is 1.84. The van der Waals surface area contributed by atoms with E-state index in [-0.39, 0.29) is 17.4 Å². The van der Waals surface area contributed by atoms with Crippen LogP contribution in [0.4, 0.5) is 19.1 Å². The average Bonchev–Trinajstić information content (AvgIpc) is 2.98. The standard InChI is InChI=1S/C18H21F3N6O2/c1-10-23-17(25(2)24-10)26-6-11-5-12(8-26)14-4-3-13(16(29)27(14)7-11)15(28)22-9-18(19,20)21/h3-4,11-12H,5-9H2,1-2H3,(H,22,28)/t11-,12+/m0/s1. The monoisotopic (exact) mass is 410 g/mol. The van der Waals surface area contributed by atoms with Gasteiger partial charge in [-0.05, 0) is 31.4 Å². The van der Waals surface area contributed by atoms with Gasteiger partial charge in [0.2, 0.25) is 5.95 Å². The number of nitrogens with zero attached hydrogens (tertiary/aromatic N) is 5. The maximum atomic E-state index is 12.8. The van der Waals surface area contributed by atoms with Gasteiger partial charge in [-0.1, -0.05) is 0 Å². The van der Waals surface area contributed by atoms with E-state index in [1.807, 2.05) is 14.0 Å². The highest BCUT2D eigenvalue weighted by Crippen LogP contribution is 2.36. The molecule has 0 aromatic carbocycles. The zero-order valence-electron chi connectivity index (χ0n) is 16.0. The third kappa shape index (κ3) is 3.73. The summed E-state index contributed by atoms with van der Waals surface area (Å²) in [6.45, 7) is 2.12. The van der Waals surface area contributed by atoms with Crippen molar-refractivity contribution in [1.29, 1.82) is 0 Å². The molecule has 1 amide bonds. The maximum Gasteiger partial charge on any atom is 0.405 e. The van der Waals surface area contributed by atoms with Crippen molar-refractivity contribution in [3.05, 3.63) is 39.6 Å². The van der Waals surface area contributed by atoms with Gasteiger partial charge < -0.3 is 14.8 Å². The van der Waals surface area contributed by atoms with Gasteiger partial charge >= 0.3 is 6.18 Å². The van der Waals surface area contributed by atoms with Crippen molar-refractivity contribution in [3.63, 3.8) is 0 Å². The minimum absolute atomic E-state index is 0.0690. The number of hydrogen-bond donors (Lipinski definition) is 1. The lowest BCUT2D eigenvalue weighted by molar-refractivity contribution is -0.123. The van der Waals surface area contributed by atoms with Crippen molar-refractivity contribution >= 4 is 11.9 Å². The van der Waals surface area contributed by atoms with Crippen LogP contribution >= 0.6 is 0 Å². The van der Waals surface area contributed by atoms with Crippen molar-refractivity contribution in [1.82, 2.24) is 24.6 Å². The van der Waals surface area contributed by atoms with E-state index in [2.05, 4.69) is 15.0 Å². The summed E-state index contributed by atoms with van der Waals surface area (Å²) in [6.07, 6.45) is -3.62. The summed E-state index contributed by atoms with van der Waals surface area (Å²) < 4.78 is 40.3. The molecule has 11 heteroatoms. The van der Waals surface area contributed by atoms with E-state index in [1.54, 1.807) is 20.6 Å². The second-order valence-corrected chi connectivity index (χ2v) is 7.67. The number of carbonyl (C=O) groups is 1. The van der Waals surface area contributed by atoms with Crippen molar-refractivity contribution in [2.45, 2.75) is 32.0 Å². The number of carbonyl (C=O) groups excluding carboxylic acids is 1. The van der Waals surface area contributed by atoms with Gasteiger partial charge in [-0.25, -0.2) is 4.68 Å². The third-order valence-corrected chi connectivity index (χ3v) is 5.43. The summed E-state index contributed by atoms with van der Waals surface area (Å²) in [5.41, 5.74) is -0.0132. The van der Waals surface area contributed by atoms with Gasteiger partial charge in [0.25, 0.3) is 11.5 Å². The molecule has 4 heterocycles. The SMILES string of the molecule is Cc1nc(N2C[C@@H]3C[C@H](C2)c2ccc(C(=O)NCC(F)(F)F)c(=O)n2C3)n(C)n1. The molecule has 0 radical (unpaired) electrons. The van der Waals surface area contributed by atoms with Crippen molar-refractivity contribution in [2.75, 3.05) is 24.5 Å². The summed E-state index contributed by atoms with van der Waals surface area (Å²) in [6, 6.07) is 3.00. The molecule has 1 saturated heterocycles. The molecular weight excluding hydrogens is 389 g/mol. The quantitative estimate of drug-likeness (QED) is 0.822. The fraction of sp³-hybridized carbons (Fsp3) is 0.556. The first-order chi connectivity index (χ1) is 13.6. The minimum Gasteiger partial charge on any atom is -0.343 e. The minimum atomic E-state index is -4.53. The molecule has 1 fully saturated rings. The summed E-state index contributed by atoms with van der Waals surface area (Å²) >= 11 is 0. The molecule has 0 saturated carbocycles. The van der Waals surface area contributed by atoms with Gasteiger partial charge in [-0.15, -0.1) is 0 Å². The van der Waals surface area contributed by atoms with Crippen LogP contribution in [0.25, 0.3) is 0 Å². The Hall–Kier alpha value is -2.85. The largest absolute Gasteiger partial charge is 0.405 e. The van der Waals surface area contributed by atoms with E-state index < -0.39 is 24.2 Å². The molecule has 4 rings (SSSR count). The molecule has 0 spiro atoms. The normalized spacial score (nSPS) is 21.1. The number of hydrogen-bond acceptors (Lipinski definition) is 5. The van der Waals surface area contributed by atoms with Crippen LogP contribution in [0.5, 0.6) is 0 Å². The van der Waals surface area contributed by atoms with E-state index in [1.165, 1.54) is 6.07 Å². The predicted octanol–water partition coefficient (Wildman–Crippen LogP) is 1.20. The number of rotatable bonds is 3. The molecule has 29 heavy (non-hydrogen) atoms. The number of alkyl halides is 3. The molecule has 0 unspecified atom stereocenters. The van der Waals surface area contributed by atoms with Gasteiger partial charge in [0.05, 0.1) is 0 Å². The van der Waals surface area contributed by atoms with E-state index in [0.29, 0.717) is 25.5 Å². The molecule has 8 nitrogen and oxygen atoms in total. The Morgan fingerprint density at radius 2 is 2.03 bits per heavy atom. The van der Waals surface area contributed by atoms with Gasteiger partial charge in [0.1, 0.15) is 17.9 Å². The summed E-state index contributed by atoms with van der Waals surface area (Å²) in [4.78, 5) is 31.5. The lowest BCUT2D eigenvalue weighted by Crippen LogP contribution is -2.49. The van der Waals surface area contributed by atoms with Crippen LogP contribution in [0.3, 0.4) is 0 Å². The van der Waals surface area contributed by atoms with Crippen LogP contribution in [0.2, 0.25) is 0 Å². The molecule has 2 aliphatic rings. The van der Waals surface area contributed by atoms with Gasteiger partial charge in [0, 0.05) is 38.3 Å². The number of piperidine rings is 1. The fourth-order valence-corrected chi connectivity index (χ4v) is 4.33. The second-order valence-electron chi connectivity index (χ2n) is 7.67. The number of pyridine rings is 1. The maximum absolute atomic E-state index is 12.8. The molecule has 2 aromatic heterocycles. The fourth-order valence-electron chi connectivity index (χ4n) is 4.33. The number of nitrogens with one attached hydrogen (secondary N) is 1. The Labute approximate surface area is 164 Å². The van der Waals surface area contributed by atoms with Gasteiger partial charge in [0.15, 0.2) is 0 Å². The lowest BCUT2D eigenvalue weighted by atomic mass is 9.83. The topological polar surface area (TPSA) is 85.0 Å². The number of fused-ring (bicyclic) bond motifs is 4. The Balaban J connectivity index is 1.59. The number of amides is 1. The predicted molar refractivity (Wildman–Crippen MR) is 97.9 cm³/mol. The van der Waals surface area contributed by atoms with Gasteiger partial charge in [-0.3, -0.25) is 9.59 Å². The molecule has 0 aliphatic carbocycles. The Morgan fingerprint density at radius 1 is 1.28 bits per heavy atom. The highest BCUT2D eigenvalue weighted by Gasteiger charge is 2.37. The number of aryl methyl sites for hydroxylation is 2. The van der Waals surface area contributed by atoms with Crippen LogP contribution in [0.15, 0.2) is 16.9 Å². The summed E-state index contributed by atoms with van der Waals surface area (Å²) in [5.74, 6) is 0.694. The Morgan fingerprint density at radius 3 is 2.69 bits per heavy atom. The van der Waals surface area contributed by atoms with E-state index >= 15 is 0 Å². The number of aromatic nitrogens is 4. The van der Waals surface area contributed by atoms with Crippen molar-refractivity contribution in [2.24, 2.45) is 13.0 Å². The summed E-state index contributed by atoms with van der Waals surface area (Å²) in [5, 5.41) is 6.06. The van der Waals surface area contributed by atoms with Crippen LogP contribution in [-0.2, 0) is 13.6 Å². The Kier molecular flexibility index (Phi) is 4.62. The average molecular weight is 410 g/mol. The highest BCUT2D eigenvalue weighted by molar-refractivity contribution is 5.93. The van der Waals surface area contributed by atoms with E-state index in [0.717, 1.165) is 18.1 Å². The zero-order chi connectivity index (χ0) is 20.9. The Bertz CT molecular complexity index is 1010. The van der Waals surface area contributed by atoms with E-state index in [9.17, 15) is 22.8 Å². The van der Waals surface area contributed by atoms with Crippen LogP contribution in [-0.4, -0.2) is 51.0 Å². The first-order valence-corrected chi connectivity index (χ1v) is 9.33. The molecule has 2 aromatic rings. The van der Waals surface area contributed by atoms with Crippen molar-refractivity contribution < 1.29 is 18.0 Å². The van der Waals surface area contributed by atoms with E-state index in [4.69, 9.17) is 0 Å². The third-order valence-electron chi connectivity index (χ3n) is 5.43. The molecule has 2 atom stereocenters. The molecule has 2 aliphatic heterocycles. The zero-order valence-corrected chi connectivity index (χ0v) is 16.0.